The Morgan fingerprint density at radius 3 is 2.24 bits per heavy atom. The molecule has 0 bridgehead atoms. The lowest BCUT2D eigenvalue weighted by Crippen LogP contribution is -2.35. The molecule has 0 amide bonds. The van der Waals surface area contributed by atoms with Crippen molar-refractivity contribution in [3.8, 4) is 0 Å². The van der Waals surface area contributed by atoms with E-state index in [-0.39, 0.29) is 5.96 Å². The number of benzene rings is 2. The molecule has 0 fully saturated rings. The molecule has 0 heterocycles. The quantitative estimate of drug-likeness (QED) is 0.640. The molecule has 0 saturated heterocycles. The number of guanidine groups is 1. The number of nitrogens with zero attached hydrogens (tertiary/aromatic N) is 1. The predicted molar refractivity (Wildman–Crippen MR) is 89.7 cm³/mol. The Kier molecular flexibility index (Phi) is 4.99. The van der Waals surface area contributed by atoms with E-state index in [1.807, 2.05) is 47.4 Å². The molecule has 3 nitrogen and oxygen atoms in total. The Labute approximate surface area is 126 Å². The maximum absolute atomic E-state index is 7.82. The molecule has 0 aliphatic rings. The van der Waals surface area contributed by atoms with Crippen LogP contribution in [0.4, 0.5) is 5.69 Å². The van der Waals surface area contributed by atoms with Crippen LogP contribution in [0.2, 0.25) is 0 Å². The average Bonchev–Trinajstić information content (AvgIpc) is 2.53. The van der Waals surface area contributed by atoms with Crippen LogP contribution in [0.25, 0.3) is 0 Å². The van der Waals surface area contributed by atoms with Gasteiger partial charge in [-0.05, 0) is 35.6 Å². The van der Waals surface area contributed by atoms with Gasteiger partial charge in [-0.2, -0.15) is 0 Å². The molecule has 0 radical (unpaired) electrons. The molecule has 0 saturated carbocycles. The predicted octanol–water partition coefficient (Wildman–Crippen LogP) is 4.10. The van der Waals surface area contributed by atoms with Crippen LogP contribution < -0.4 is 10.6 Å². The average molecular weight is 281 g/mol. The third-order valence-electron chi connectivity index (χ3n) is 3.86. The Morgan fingerprint density at radius 1 is 1.10 bits per heavy atom. The van der Waals surface area contributed by atoms with E-state index in [0.717, 1.165) is 17.7 Å². The molecule has 0 spiro atoms. The Bertz CT molecular complexity index is 575. The standard InChI is InChI=1S/C18H23N3/c1-3-14(2)16-9-11-17(12-10-16)21(18(19)20)13-15-7-5-4-6-8-15/h4-12,14H,3,13H2,1-2H3,(H3,19,20). The van der Waals surface area contributed by atoms with Crippen molar-refractivity contribution in [2.24, 2.45) is 5.73 Å². The number of rotatable bonds is 5. The number of anilines is 1. The monoisotopic (exact) mass is 281 g/mol. The summed E-state index contributed by atoms with van der Waals surface area (Å²) in [6.07, 6.45) is 1.12. The highest BCUT2D eigenvalue weighted by molar-refractivity contribution is 5.92. The third-order valence-corrected chi connectivity index (χ3v) is 3.86. The summed E-state index contributed by atoms with van der Waals surface area (Å²) in [4.78, 5) is 1.82. The van der Waals surface area contributed by atoms with Crippen LogP contribution in [-0.4, -0.2) is 5.96 Å². The van der Waals surface area contributed by atoms with Gasteiger partial charge in [0, 0.05) is 5.69 Å². The molecule has 0 aliphatic heterocycles. The summed E-state index contributed by atoms with van der Waals surface area (Å²) in [6.45, 7) is 5.02. The molecule has 2 rings (SSSR count). The van der Waals surface area contributed by atoms with E-state index < -0.39 is 0 Å². The minimum Gasteiger partial charge on any atom is -0.370 e. The highest BCUT2D eigenvalue weighted by atomic mass is 15.2. The molecular weight excluding hydrogens is 258 g/mol. The van der Waals surface area contributed by atoms with Crippen LogP contribution >= 0.6 is 0 Å². The van der Waals surface area contributed by atoms with Gasteiger partial charge < -0.3 is 10.6 Å². The van der Waals surface area contributed by atoms with Crippen LogP contribution in [-0.2, 0) is 6.54 Å². The van der Waals surface area contributed by atoms with Gasteiger partial charge in [-0.15, -0.1) is 0 Å². The van der Waals surface area contributed by atoms with Gasteiger partial charge in [-0.3, -0.25) is 5.41 Å². The second-order valence-electron chi connectivity index (χ2n) is 5.36. The topological polar surface area (TPSA) is 53.1 Å². The van der Waals surface area contributed by atoms with Gasteiger partial charge in [0.2, 0.25) is 0 Å². The lowest BCUT2D eigenvalue weighted by atomic mass is 9.98. The van der Waals surface area contributed by atoms with Gasteiger partial charge in [0.15, 0.2) is 5.96 Å². The Balaban J connectivity index is 2.20. The molecule has 2 aromatic carbocycles. The number of nitrogens with two attached hydrogens (primary N) is 1. The fourth-order valence-corrected chi connectivity index (χ4v) is 2.30. The van der Waals surface area contributed by atoms with Gasteiger partial charge in [-0.1, -0.05) is 56.3 Å². The van der Waals surface area contributed by atoms with E-state index >= 15 is 0 Å². The second-order valence-corrected chi connectivity index (χ2v) is 5.36. The molecule has 1 atom stereocenters. The van der Waals surface area contributed by atoms with Crippen molar-refractivity contribution in [3.63, 3.8) is 0 Å². The van der Waals surface area contributed by atoms with E-state index in [1.165, 1.54) is 5.56 Å². The van der Waals surface area contributed by atoms with E-state index in [9.17, 15) is 0 Å². The smallest absolute Gasteiger partial charge is 0.193 e. The first-order chi connectivity index (χ1) is 10.1. The van der Waals surface area contributed by atoms with Gasteiger partial charge in [0.05, 0.1) is 6.54 Å². The molecule has 0 aromatic heterocycles. The summed E-state index contributed by atoms with van der Waals surface area (Å²) in [5.41, 5.74) is 9.17. The highest BCUT2D eigenvalue weighted by Gasteiger charge is 2.11. The molecule has 3 N–H and O–H groups in total. The van der Waals surface area contributed by atoms with Gasteiger partial charge in [-0.25, -0.2) is 0 Å². The number of nitrogens with one attached hydrogen (secondary N) is 1. The normalized spacial score (nSPS) is 11.9. The van der Waals surface area contributed by atoms with Crippen molar-refractivity contribution < 1.29 is 0 Å². The lowest BCUT2D eigenvalue weighted by Gasteiger charge is -2.23. The van der Waals surface area contributed by atoms with E-state index in [0.29, 0.717) is 12.5 Å². The second kappa shape index (κ2) is 6.93. The molecule has 3 heteroatoms. The first kappa shape index (κ1) is 15.1. The molecule has 110 valence electrons. The summed E-state index contributed by atoms with van der Waals surface area (Å²) < 4.78 is 0. The van der Waals surface area contributed by atoms with Crippen molar-refractivity contribution in [3.05, 3.63) is 65.7 Å². The lowest BCUT2D eigenvalue weighted by molar-refractivity contribution is 0.733. The zero-order valence-corrected chi connectivity index (χ0v) is 12.7. The number of hydrogen-bond acceptors (Lipinski definition) is 1. The van der Waals surface area contributed by atoms with E-state index in [4.69, 9.17) is 11.1 Å². The Morgan fingerprint density at radius 2 is 1.71 bits per heavy atom. The van der Waals surface area contributed by atoms with Crippen molar-refractivity contribution >= 4 is 11.6 Å². The summed E-state index contributed by atoms with van der Waals surface area (Å²) in [5.74, 6) is 0.620. The molecule has 0 aliphatic carbocycles. The minimum absolute atomic E-state index is 0.0649. The zero-order chi connectivity index (χ0) is 15.2. The zero-order valence-electron chi connectivity index (χ0n) is 12.7. The first-order valence-corrected chi connectivity index (χ1v) is 7.37. The summed E-state index contributed by atoms with van der Waals surface area (Å²) in [6, 6.07) is 18.4. The molecular formula is C18H23N3. The van der Waals surface area contributed by atoms with Crippen molar-refractivity contribution in [1.82, 2.24) is 0 Å². The van der Waals surface area contributed by atoms with Crippen molar-refractivity contribution in [2.75, 3.05) is 4.90 Å². The van der Waals surface area contributed by atoms with E-state index in [2.05, 4.69) is 26.0 Å². The fourth-order valence-electron chi connectivity index (χ4n) is 2.30. The largest absolute Gasteiger partial charge is 0.370 e. The first-order valence-electron chi connectivity index (χ1n) is 7.37. The van der Waals surface area contributed by atoms with Crippen LogP contribution in [0.5, 0.6) is 0 Å². The van der Waals surface area contributed by atoms with Crippen LogP contribution in [0.15, 0.2) is 54.6 Å². The maximum atomic E-state index is 7.82. The summed E-state index contributed by atoms with van der Waals surface area (Å²) in [5, 5.41) is 7.82. The van der Waals surface area contributed by atoms with Crippen LogP contribution in [0, 0.1) is 5.41 Å². The molecule has 21 heavy (non-hydrogen) atoms. The molecule has 1 unspecified atom stereocenters. The third kappa shape index (κ3) is 3.85. The summed E-state index contributed by atoms with van der Waals surface area (Å²) in [7, 11) is 0. The fraction of sp³-hybridized carbons (Fsp3) is 0.278. The number of hydrogen-bond donors (Lipinski definition) is 2. The Hall–Kier alpha value is -2.29. The maximum Gasteiger partial charge on any atom is 0.193 e. The van der Waals surface area contributed by atoms with Crippen LogP contribution in [0.3, 0.4) is 0 Å². The SMILES string of the molecule is CCC(C)c1ccc(N(Cc2ccccc2)C(=N)N)cc1. The summed E-state index contributed by atoms with van der Waals surface area (Å²) >= 11 is 0. The van der Waals surface area contributed by atoms with Gasteiger partial charge >= 0.3 is 0 Å². The molecule has 2 aromatic rings. The van der Waals surface area contributed by atoms with Gasteiger partial charge in [0.25, 0.3) is 0 Å². The van der Waals surface area contributed by atoms with Gasteiger partial charge in [0.1, 0.15) is 0 Å². The van der Waals surface area contributed by atoms with Crippen LogP contribution in [0.1, 0.15) is 37.3 Å². The van der Waals surface area contributed by atoms with Crippen molar-refractivity contribution in [1.29, 1.82) is 5.41 Å². The van der Waals surface area contributed by atoms with E-state index in [1.54, 1.807) is 0 Å². The van der Waals surface area contributed by atoms with Crippen molar-refractivity contribution in [2.45, 2.75) is 32.7 Å². The minimum atomic E-state index is 0.0649. The highest BCUT2D eigenvalue weighted by Crippen LogP contribution is 2.23.